The van der Waals surface area contributed by atoms with Crippen LogP contribution in [0.15, 0.2) is 34.5 Å². The van der Waals surface area contributed by atoms with Crippen LogP contribution in [0.25, 0.3) is 6.08 Å². The lowest BCUT2D eigenvalue weighted by atomic mass is 10.2. The summed E-state index contributed by atoms with van der Waals surface area (Å²) in [5.74, 6) is 0.932. The van der Waals surface area contributed by atoms with Crippen molar-refractivity contribution in [1.29, 1.82) is 0 Å². The number of hydrogen-bond acceptors (Lipinski definition) is 3. The maximum Gasteiger partial charge on any atom is 0.126 e. The molecule has 1 fully saturated rings. The van der Waals surface area contributed by atoms with Gasteiger partial charge in [0.05, 0.1) is 18.0 Å². The van der Waals surface area contributed by atoms with Crippen LogP contribution in [0, 0.1) is 13.8 Å². The highest BCUT2D eigenvalue weighted by atomic mass is 16.3. The first-order chi connectivity index (χ1) is 10.1. The van der Waals surface area contributed by atoms with E-state index in [1.165, 1.54) is 17.7 Å². The van der Waals surface area contributed by atoms with Gasteiger partial charge in [-0.25, -0.2) is 0 Å². The number of aryl methyl sites for hydroxylation is 2. The Morgan fingerprint density at radius 3 is 3.00 bits per heavy atom. The predicted octanol–water partition coefficient (Wildman–Crippen LogP) is 3.44. The molecule has 2 aromatic rings. The lowest BCUT2D eigenvalue weighted by molar-refractivity contribution is 0.342. The second-order valence-corrected chi connectivity index (χ2v) is 6.06. The Labute approximate surface area is 126 Å². The summed E-state index contributed by atoms with van der Waals surface area (Å²) in [6, 6.07) is 6.58. The Kier molecular flexibility index (Phi) is 3.97. The predicted molar refractivity (Wildman–Crippen MR) is 84.2 cm³/mol. The summed E-state index contributed by atoms with van der Waals surface area (Å²) in [7, 11) is 0. The Morgan fingerprint density at radius 1 is 1.48 bits per heavy atom. The smallest absolute Gasteiger partial charge is 0.126 e. The second-order valence-electron chi connectivity index (χ2n) is 6.06. The van der Waals surface area contributed by atoms with E-state index in [2.05, 4.69) is 47.6 Å². The van der Waals surface area contributed by atoms with Crippen molar-refractivity contribution >= 4 is 6.08 Å². The standard InChI is InChI=1S/C17H23N3O/c1-13(9-17-5-4-8-21-17)11-19-7-6-16(12-19)20-15(3)10-14(2)18-20/h4-5,8-10,16H,6-7,11-12H2,1-3H3/b13-9+/t16-/m1/s1. The molecule has 3 heterocycles. The zero-order valence-electron chi connectivity index (χ0n) is 13.0. The SMILES string of the molecule is C/C(=C\c1ccco1)CN1CC[C@@H](n2nc(C)cc2C)C1. The third-order valence-electron chi connectivity index (χ3n) is 4.04. The quantitative estimate of drug-likeness (QED) is 0.863. The molecule has 21 heavy (non-hydrogen) atoms. The topological polar surface area (TPSA) is 34.2 Å². The van der Waals surface area contributed by atoms with E-state index >= 15 is 0 Å². The third-order valence-corrected chi connectivity index (χ3v) is 4.04. The van der Waals surface area contributed by atoms with Crippen molar-refractivity contribution in [3.8, 4) is 0 Å². The first-order valence-corrected chi connectivity index (χ1v) is 7.57. The molecule has 3 rings (SSSR count). The maximum atomic E-state index is 5.37. The molecule has 4 nitrogen and oxygen atoms in total. The van der Waals surface area contributed by atoms with Gasteiger partial charge in [-0.1, -0.05) is 5.57 Å². The molecule has 112 valence electrons. The second kappa shape index (κ2) is 5.90. The summed E-state index contributed by atoms with van der Waals surface area (Å²) in [4.78, 5) is 2.50. The fourth-order valence-electron chi connectivity index (χ4n) is 3.19. The normalized spacial score (nSPS) is 20.3. The first-order valence-electron chi connectivity index (χ1n) is 7.57. The molecular weight excluding hydrogens is 262 g/mol. The Balaban J connectivity index is 1.61. The molecule has 0 unspecified atom stereocenters. The van der Waals surface area contributed by atoms with Crippen LogP contribution in [0.5, 0.6) is 0 Å². The van der Waals surface area contributed by atoms with Gasteiger partial charge in [-0.15, -0.1) is 0 Å². The van der Waals surface area contributed by atoms with Crippen molar-refractivity contribution in [3.05, 3.63) is 47.2 Å². The lowest BCUT2D eigenvalue weighted by Crippen LogP contribution is -2.24. The van der Waals surface area contributed by atoms with Crippen molar-refractivity contribution in [2.75, 3.05) is 19.6 Å². The fraction of sp³-hybridized carbons (Fsp3) is 0.471. The van der Waals surface area contributed by atoms with Gasteiger partial charge in [0.2, 0.25) is 0 Å². The van der Waals surface area contributed by atoms with Crippen molar-refractivity contribution in [3.63, 3.8) is 0 Å². The zero-order chi connectivity index (χ0) is 14.8. The van der Waals surface area contributed by atoms with Crippen LogP contribution in [-0.2, 0) is 0 Å². The average molecular weight is 285 g/mol. The van der Waals surface area contributed by atoms with E-state index < -0.39 is 0 Å². The van der Waals surface area contributed by atoms with E-state index in [0.29, 0.717) is 6.04 Å². The summed E-state index contributed by atoms with van der Waals surface area (Å²) in [6.45, 7) is 9.57. The average Bonchev–Trinajstić information content (AvgIpc) is 3.12. The highest BCUT2D eigenvalue weighted by Gasteiger charge is 2.25. The molecule has 1 aliphatic rings. The lowest BCUT2D eigenvalue weighted by Gasteiger charge is -2.17. The van der Waals surface area contributed by atoms with Crippen molar-refractivity contribution in [1.82, 2.24) is 14.7 Å². The van der Waals surface area contributed by atoms with Gasteiger partial charge in [0.15, 0.2) is 0 Å². The number of nitrogens with zero attached hydrogens (tertiary/aromatic N) is 3. The zero-order valence-corrected chi connectivity index (χ0v) is 13.0. The number of furan rings is 1. The Hall–Kier alpha value is -1.81. The van der Waals surface area contributed by atoms with E-state index in [4.69, 9.17) is 4.42 Å². The van der Waals surface area contributed by atoms with Gasteiger partial charge in [0, 0.05) is 25.3 Å². The van der Waals surface area contributed by atoms with Gasteiger partial charge >= 0.3 is 0 Å². The summed E-state index contributed by atoms with van der Waals surface area (Å²) >= 11 is 0. The number of likely N-dealkylation sites (tertiary alicyclic amines) is 1. The van der Waals surface area contributed by atoms with E-state index in [1.807, 2.05) is 12.1 Å². The summed E-state index contributed by atoms with van der Waals surface area (Å²) < 4.78 is 7.56. The van der Waals surface area contributed by atoms with Crippen LogP contribution < -0.4 is 0 Å². The molecule has 1 aliphatic heterocycles. The van der Waals surface area contributed by atoms with Crippen LogP contribution in [0.2, 0.25) is 0 Å². The van der Waals surface area contributed by atoms with Crippen LogP contribution in [0.3, 0.4) is 0 Å². The minimum Gasteiger partial charge on any atom is -0.465 e. The minimum atomic E-state index is 0.509. The molecule has 2 aromatic heterocycles. The molecule has 0 N–H and O–H groups in total. The number of rotatable bonds is 4. The van der Waals surface area contributed by atoms with Gasteiger partial charge in [-0.3, -0.25) is 9.58 Å². The van der Waals surface area contributed by atoms with E-state index in [9.17, 15) is 0 Å². The molecule has 4 heteroatoms. The molecule has 0 bridgehead atoms. The summed E-state index contributed by atoms with van der Waals surface area (Å²) in [5.41, 5.74) is 3.71. The summed E-state index contributed by atoms with van der Waals surface area (Å²) in [5, 5.41) is 4.63. The molecule has 0 aromatic carbocycles. The van der Waals surface area contributed by atoms with Crippen molar-refractivity contribution in [2.24, 2.45) is 0 Å². The molecular formula is C17H23N3O. The number of aromatic nitrogens is 2. The molecule has 0 spiro atoms. The minimum absolute atomic E-state index is 0.509. The molecule has 0 amide bonds. The Bertz CT molecular complexity index is 625. The van der Waals surface area contributed by atoms with Gasteiger partial charge in [0.1, 0.15) is 5.76 Å². The number of hydrogen-bond donors (Lipinski definition) is 0. The van der Waals surface area contributed by atoms with Crippen LogP contribution in [-0.4, -0.2) is 34.3 Å². The van der Waals surface area contributed by atoms with E-state index in [0.717, 1.165) is 31.1 Å². The van der Waals surface area contributed by atoms with Crippen molar-refractivity contribution in [2.45, 2.75) is 33.2 Å². The van der Waals surface area contributed by atoms with E-state index in [-0.39, 0.29) is 0 Å². The van der Waals surface area contributed by atoms with Crippen LogP contribution in [0.4, 0.5) is 0 Å². The molecule has 1 atom stereocenters. The summed E-state index contributed by atoms with van der Waals surface area (Å²) in [6.07, 6.45) is 5.01. The third kappa shape index (κ3) is 3.27. The monoisotopic (exact) mass is 285 g/mol. The molecule has 1 saturated heterocycles. The van der Waals surface area contributed by atoms with Gasteiger partial charge < -0.3 is 4.42 Å². The maximum absolute atomic E-state index is 5.37. The largest absolute Gasteiger partial charge is 0.465 e. The highest BCUT2D eigenvalue weighted by molar-refractivity contribution is 5.46. The highest BCUT2D eigenvalue weighted by Crippen LogP contribution is 2.24. The van der Waals surface area contributed by atoms with Crippen LogP contribution in [0.1, 0.15) is 36.5 Å². The van der Waals surface area contributed by atoms with E-state index in [1.54, 1.807) is 6.26 Å². The van der Waals surface area contributed by atoms with Gasteiger partial charge in [0.25, 0.3) is 0 Å². The first kappa shape index (κ1) is 14.1. The molecule has 0 saturated carbocycles. The molecule has 0 radical (unpaired) electrons. The Morgan fingerprint density at radius 2 is 2.33 bits per heavy atom. The van der Waals surface area contributed by atoms with Crippen LogP contribution >= 0.6 is 0 Å². The van der Waals surface area contributed by atoms with Crippen molar-refractivity contribution < 1.29 is 4.42 Å². The van der Waals surface area contributed by atoms with Gasteiger partial charge in [-0.05, 0) is 51.5 Å². The fourth-order valence-corrected chi connectivity index (χ4v) is 3.19. The van der Waals surface area contributed by atoms with Gasteiger partial charge in [-0.2, -0.15) is 5.10 Å². The molecule has 0 aliphatic carbocycles.